The number of aryl methyl sites for hydroxylation is 2. The molecule has 1 amide bonds. The molecule has 0 spiro atoms. The van der Waals surface area contributed by atoms with Gasteiger partial charge in [-0.2, -0.15) is 0 Å². The van der Waals surface area contributed by atoms with E-state index in [1.165, 1.54) is 0 Å². The summed E-state index contributed by atoms with van der Waals surface area (Å²) in [7, 11) is 0. The highest BCUT2D eigenvalue weighted by atomic mass is 35.5. The van der Waals surface area contributed by atoms with Crippen LogP contribution in [-0.2, 0) is 0 Å². The molecule has 0 radical (unpaired) electrons. The summed E-state index contributed by atoms with van der Waals surface area (Å²) in [4.78, 5) is 12.2. The molecule has 0 bridgehead atoms. The van der Waals surface area contributed by atoms with Gasteiger partial charge in [-0.3, -0.25) is 4.79 Å². The molecule has 4 heteroatoms. The maximum Gasteiger partial charge on any atom is 0.251 e. The van der Waals surface area contributed by atoms with E-state index in [0.717, 1.165) is 16.7 Å². The number of carbonyl (C=O) groups excluding carboxylic acids is 1. The Balaban J connectivity index is 2.02. The van der Waals surface area contributed by atoms with Gasteiger partial charge in [0.25, 0.3) is 5.91 Å². The van der Waals surface area contributed by atoms with Gasteiger partial charge < -0.3 is 10.4 Å². The molecule has 2 rings (SSSR count). The Morgan fingerprint density at radius 3 is 2.29 bits per heavy atom. The molecule has 0 saturated carbocycles. The van der Waals surface area contributed by atoms with Crippen LogP contribution in [0.15, 0.2) is 42.5 Å². The second-order valence-electron chi connectivity index (χ2n) is 5.04. The molecule has 0 aliphatic heterocycles. The van der Waals surface area contributed by atoms with Crippen molar-refractivity contribution in [2.24, 2.45) is 0 Å². The zero-order chi connectivity index (χ0) is 15.4. The molecule has 0 aliphatic rings. The van der Waals surface area contributed by atoms with Crippen LogP contribution >= 0.6 is 11.6 Å². The van der Waals surface area contributed by atoms with Gasteiger partial charge in [0.2, 0.25) is 0 Å². The molecule has 0 aromatic heterocycles. The number of hydrogen-bond acceptors (Lipinski definition) is 2. The van der Waals surface area contributed by atoms with Crippen LogP contribution in [0.2, 0.25) is 5.02 Å². The Hall–Kier alpha value is -1.84. The van der Waals surface area contributed by atoms with Crippen LogP contribution in [0.5, 0.6) is 0 Å². The Kier molecular flexibility index (Phi) is 4.99. The van der Waals surface area contributed by atoms with Crippen molar-refractivity contribution in [3.63, 3.8) is 0 Å². The van der Waals surface area contributed by atoms with E-state index in [-0.39, 0.29) is 12.5 Å². The number of hydrogen-bond donors (Lipinski definition) is 2. The zero-order valence-corrected chi connectivity index (χ0v) is 12.8. The summed E-state index contributed by atoms with van der Waals surface area (Å²) >= 11 is 5.81. The molecule has 0 heterocycles. The first kappa shape index (κ1) is 15.5. The minimum atomic E-state index is -0.754. The lowest BCUT2D eigenvalue weighted by atomic mass is 10.0. The van der Waals surface area contributed by atoms with Gasteiger partial charge in [0.05, 0.1) is 6.10 Å². The highest BCUT2D eigenvalue weighted by molar-refractivity contribution is 6.30. The van der Waals surface area contributed by atoms with Gasteiger partial charge in [-0.05, 0) is 42.7 Å². The van der Waals surface area contributed by atoms with Crippen molar-refractivity contribution in [1.82, 2.24) is 5.32 Å². The topological polar surface area (TPSA) is 49.3 Å². The molecule has 3 nitrogen and oxygen atoms in total. The van der Waals surface area contributed by atoms with Crippen LogP contribution in [-0.4, -0.2) is 17.6 Å². The summed E-state index contributed by atoms with van der Waals surface area (Å²) in [6, 6.07) is 12.6. The number of rotatable bonds is 4. The molecule has 2 aromatic rings. The number of amides is 1. The standard InChI is InChI=1S/C17H18ClNO2/c1-11-4-3-5-12(2)16(11)17(21)19-10-15(20)13-6-8-14(18)9-7-13/h3-9,15,20H,10H2,1-2H3,(H,19,21). The van der Waals surface area contributed by atoms with Crippen molar-refractivity contribution in [2.45, 2.75) is 20.0 Å². The van der Waals surface area contributed by atoms with Crippen molar-refractivity contribution in [3.8, 4) is 0 Å². The summed E-state index contributed by atoms with van der Waals surface area (Å²) in [5.41, 5.74) is 3.24. The Labute approximate surface area is 129 Å². The summed E-state index contributed by atoms with van der Waals surface area (Å²) in [5.74, 6) is -0.168. The van der Waals surface area contributed by atoms with Gasteiger partial charge in [-0.1, -0.05) is 41.9 Å². The molecular weight excluding hydrogens is 286 g/mol. The van der Waals surface area contributed by atoms with E-state index < -0.39 is 6.10 Å². The minimum Gasteiger partial charge on any atom is -0.387 e. The zero-order valence-electron chi connectivity index (χ0n) is 12.1. The van der Waals surface area contributed by atoms with Gasteiger partial charge >= 0.3 is 0 Å². The average Bonchev–Trinajstić information content (AvgIpc) is 2.45. The SMILES string of the molecule is Cc1cccc(C)c1C(=O)NCC(O)c1ccc(Cl)cc1. The van der Waals surface area contributed by atoms with Crippen molar-refractivity contribution >= 4 is 17.5 Å². The largest absolute Gasteiger partial charge is 0.387 e. The van der Waals surface area contributed by atoms with Crippen LogP contribution in [0.1, 0.15) is 33.2 Å². The maximum absolute atomic E-state index is 12.2. The molecule has 2 N–H and O–H groups in total. The highest BCUT2D eigenvalue weighted by Crippen LogP contribution is 2.17. The number of aliphatic hydroxyl groups is 1. The van der Waals surface area contributed by atoms with Crippen LogP contribution < -0.4 is 5.32 Å². The fourth-order valence-corrected chi connectivity index (χ4v) is 2.38. The summed E-state index contributed by atoms with van der Waals surface area (Å²) in [6.45, 7) is 3.96. The van der Waals surface area contributed by atoms with Crippen LogP contribution in [0.3, 0.4) is 0 Å². The van der Waals surface area contributed by atoms with Crippen molar-refractivity contribution in [3.05, 3.63) is 69.7 Å². The average molecular weight is 304 g/mol. The second kappa shape index (κ2) is 6.74. The van der Waals surface area contributed by atoms with E-state index in [0.29, 0.717) is 10.6 Å². The number of nitrogens with one attached hydrogen (secondary N) is 1. The lowest BCUT2D eigenvalue weighted by molar-refractivity contribution is 0.0915. The number of halogens is 1. The molecule has 0 saturated heterocycles. The number of benzene rings is 2. The third kappa shape index (κ3) is 3.84. The van der Waals surface area contributed by atoms with Gasteiger partial charge in [0.15, 0.2) is 0 Å². The monoisotopic (exact) mass is 303 g/mol. The van der Waals surface area contributed by atoms with Crippen molar-refractivity contribution < 1.29 is 9.90 Å². The van der Waals surface area contributed by atoms with Crippen LogP contribution in [0.4, 0.5) is 0 Å². The molecule has 21 heavy (non-hydrogen) atoms. The van der Waals surface area contributed by atoms with E-state index in [2.05, 4.69) is 5.32 Å². The van der Waals surface area contributed by atoms with Crippen LogP contribution in [0, 0.1) is 13.8 Å². The lowest BCUT2D eigenvalue weighted by Gasteiger charge is -2.14. The molecule has 1 atom stereocenters. The van der Waals surface area contributed by atoms with E-state index in [9.17, 15) is 9.90 Å². The molecular formula is C17H18ClNO2. The summed E-state index contributed by atoms with van der Waals surface area (Å²) < 4.78 is 0. The fraction of sp³-hybridized carbons (Fsp3) is 0.235. The first-order chi connectivity index (χ1) is 9.99. The first-order valence-corrected chi connectivity index (χ1v) is 7.15. The maximum atomic E-state index is 12.2. The van der Waals surface area contributed by atoms with E-state index in [1.807, 2.05) is 32.0 Å². The molecule has 0 fully saturated rings. The van der Waals surface area contributed by atoms with E-state index in [4.69, 9.17) is 11.6 Å². The predicted octanol–water partition coefficient (Wildman–Crippen LogP) is 3.42. The summed E-state index contributed by atoms with van der Waals surface area (Å²) in [5, 5.41) is 13.5. The second-order valence-corrected chi connectivity index (χ2v) is 5.48. The highest BCUT2D eigenvalue weighted by Gasteiger charge is 2.14. The number of aliphatic hydroxyl groups excluding tert-OH is 1. The Bertz CT molecular complexity index is 617. The third-order valence-electron chi connectivity index (χ3n) is 3.42. The Morgan fingerprint density at radius 1 is 1.14 bits per heavy atom. The molecule has 0 aliphatic carbocycles. The van der Waals surface area contributed by atoms with Crippen molar-refractivity contribution in [1.29, 1.82) is 0 Å². The minimum absolute atomic E-state index is 0.161. The quantitative estimate of drug-likeness (QED) is 0.909. The predicted molar refractivity (Wildman–Crippen MR) is 84.7 cm³/mol. The van der Waals surface area contributed by atoms with Gasteiger partial charge in [-0.15, -0.1) is 0 Å². The van der Waals surface area contributed by atoms with Crippen molar-refractivity contribution in [2.75, 3.05) is 6.54 Å². The first-order valence-electron chi connectivity index (χ1n) is 6.77. The normalized spacial score (nSPS) is 12.0. The van der Waals surface area contributed by atoms with E-state index in [1.54, 1.807) is 24.3 Å². The molecule has 2 aromatic carbocycles. The smallest absolute Gasteiger partial charge is 0.251 e. The lowest BCUT2D eigenvalue weighted by Crippen LogP contribution is -2.29. The van der Waals surface area contributed by atoms with Gasteiger partial charge in [0.1, 0.15) is 0 Å². The van der Waals surface area contributed by atoms with E-state index >= 15 is 0 Å². The summed E-state index contributed by atoms with van der Waals surface area (Å²) in [6.07, 6.45) is -0.754. The van der Waals surface area contributed by atoms with Crippen LogP contribution in [0.25, 0.3) is 0 Å². The number of carbonyl (C=O) groups is 1. The fourth-order valence-electron chi connectivity index (χ4n) is 2.25. The van der Waals surface area contributed by atoms with Gasteiger partial charge in [-0.25, -0.2) is 0 Å². The molecule has 110 valence electrons. The molecule has 1 unspecified atom stereocenters. The van der Waals surface area contributed by atoms with Gasteiger partial charge in [0, 0.05) is 17.1 Å². The third-order valence-corrected chi connectivity index (χ3v) is 3.67. The Morgan fingerprint density at radius 2 is 1.71 bits per heavy atom.